The lowest BCUT2D eigenvalue weighted by atomic mass is 10.1. The fourth-order valence-corrected chi connectivity index (χ4v) is 2.26. The van der Waals surface area contributed by atoms with Crippen LogP contribution < -0.4 is 5.32 Å². The number of halogens is 3. The molecule has 0 aliphatic carbocycles. The van der Waals surface area contributed by atoms with Crippen molar-refractivity contribution in [1.29, 1.82) is 0 Å². The highest BCUT2D eigenvalue weighted by atomic mass is 19.4. The van der Waals surface area contributed by atoms with E-state index < -0.39 is 12.6 Å². The van der Waals surface area contributed by atoms with E-state index in [0.29, 0.717) is 5.96 Å². The van der Waals surface area contributed by atoms with Crippen molar-refractivity contribution in [2.45, 2.75) is 31.9 Å². The number of aliphatic imine (C=N–C) groups is 1. The molecule has 116 valence electrons. The summed E-state index contributed by atoms with van der Waals surface area (Å²) in [6.45, 7) is 1.44. The van der Waals surface area contributed by atoms with Gasteiger partial charge in [0.2, 0.25) is 0 Å². The molecule has 1 N–H and O–H groups in total. The maximum absolute atomic E-state index is 12.3. The number of likely N-dealkylation sites (tertiary alicyclic amines) is 1. The average molecular weight is 299 g/mol. The second-order valence-corrected chi connectivity index (χ2v) is 5.11. The second-order valence-electron chi connectivity index (χ2n) is 5.11. The normalized spacial score (nSPS) is 16.9. The summed E-state index contributed by atoms with van der Waals surface area (Å²) in [6.07, 6.45) is -1.79. The van der Waals surface area contributed by atoms with E-state index in [4.69, 9.17) is 0 Å². The molecule has 1 heterocycles. The van der Waals surface area contributed by atoms with E-state index in [1.807, 2.05) is 35.2 Å². The second kappa shape index (κ2) is 7.33. The molecule has 2 rings (SSSR count). The molecule has 21 heavy (non-hydrogen) atoms. The van der Waals surface area contributed by atoms with Crippen molar-refractivity contribution in [3.05, 3.63) is 30.3 Å². The summed E-state index contributed by atoms with van der Waals surface area (Å²) in [5.41, 5.74) is 0.842. The maximum atomic E-state index is 12.3. The third kappa shape index (κ3) is 5.65. The van der Waals surface area contributed by atoms with E-state index in [-0.39, 0.29) is 6.54 Å². The van der Waals surface area contributed by atoms with Crippen molar-refractivity contribution in [3.8, 4) is 0 Å². The number of rotatable bonds is 3. The monoisotopic (exact) mass is 299 g/mol. The molecular formula is C15H20F3N3. The number of guanidine groups is 1. The number of piperidine rings is 1. The van der Waals surface area contributed by atoms with Crippen LogP contribution in [0.15, 0.2) is 35.3 Å². The Bertz CT molecular complexity index is 451. The number of anilines is 1. The van der Waals surface area contributed by atoms with Crippen LogP contribution in [-0.2, 0) is 0 Å². The van der Waals surface area contributed by atoms with E-state index in [1.165, 1.54) is 0 Å². The number of benzene rings is 1. The van der Waals surface area contributed by atoms with E-state index in [0.717, 1.165) is 38.0 Å². The maximum Gasteiger partial charge on any atom is 0.390 e. The highest BCUT2D eigenvalue weighted by Gasteiger charge is 2.26. The minimum atomic E-state index is -4.16. The fraction of sp³-hybridized carbons (Fsp3) is 0.533. The summed E-state index contributed by atoms with van der Waals surface area (Å²) in [6, 6.07) is 9.41. The minimum Gasteiger partial charge on any atom is -0.343 e. The Hall–Kier alpha value is -1.72. The van der Waals surface area contributed by atoms with Gasteiger partial charge < -0.3 is 10.2 Å². The van der Waals surface area contributed by atoms with Crippen molar-refractivity contribution in [2.24, 2.45) is 4.99 Å². The smallest absolute Gasteiger partial charge is 0.343 e. The van der Waals surface area contributed by atoms with Crippen LogP contribution in [0, 0.1) is 0 Å². The van der Waals surface area contributed by atoms with E-state index in [9.17, 15) is 13.2 Å². The predicted octanol–water partition coefficient (Wildman–Crippen LogP) is 3.89. The first-order valence-electron chi connectivity index (χ1n) is 7.23. The zero-order valence-corrected chi connectivity index (χ0v) is 11.9. The summed E-state index contributed by atoms with van der Waals surface area (Å²) >= 11 is 0. The lowest BCUT2D eigenvalue weighted by Crippen LogP contribution is -2.40. The zero-order valence-electron chi connectivity index (χ0n) is 11.9. The molecule has 0 aromatic heterocycles. The number of para-hydroxylation sites is 1. The van der Waals surface area contributed by atoms with Gasteiger partial charge in [-0.25, -0.2) is 0 Å². The Kier molecular flexibility index (Phi) is 5.47. The highest BCUT2D eigenvalue weighted by molar-refractivity contribution is 5.93. The van der Waals surface area contributed by atoms with Crippen LogP contribution in [0.5, 0.6) is 0 Å². The van der Waals surface area contributed by atoms with Crippen molar-refractivity contribution in [3.63, 3.8) is 0 Å². The number of nitrogens with zero attached hydrogens (tertiary/aromatic N) is 2. The minimum absolute atomic E-state index is 0.241. The van der Waals surface area contributed by atoms with Gasteiger partial charge in [-0.15, -0.1) is 0 Å². The molecule has 1 saturated heterocycles. The Morgan fingerprint density at radius 3 is 2.38 bits per heavy atom. The van der Waals surface area contributed by atoms with Gasteiger partial charge in [-0.05, 0) is 31.4 Å². The van der Waals surface area contributed by atoms with Gasteiger partial charge in [0, 0.05) is 18.8 Å². The van der Waals surface area contributed by atoms with Crippen LogP contribution in [0.3, 0.4) is 0 Å². The summed E-state index contributed by atoms with van der Waals surface area (Å²) in [5, 5.41) is 3.14. The molecule has 0 amide bonds. The van der Waals surface area contributed by atoms with Crippen molar-refractivity contribution < 1.29 is 13.2 Å². The van der Waals surface area contributed by atoms with Gasteiger partial charge in [0.15, 0.2) is 5.96 Å². The van der Waals surface area contributed by atoms with Crippen molar-refractivity contribution in [2.75, 3.05) is 25.0 Å². The van der Waals surface area contributed by atoms with Crippen LogP contribution in [0.4, 0.5) is 18.9 Å². The molecule has 1 fully saturated rings. The molecule has 0 saturated carbocycles. The summed E-state index contributed by atoms with van der Waals surface area (Å²) in [4.78, 5) is 6.17. The molecule has 1 aliphatic heterocycles. The Morgan fingerprint density at radius 2 is 1.76 bits per heavy atom. The van der Waals surface area contributed by atoms with Crippen LogP contribution in [-0.4, -0.2) is 36.7 Å². The standard InChI is InChI=1S/C15H20F3N3/c16-15(17,18)9-10-19-14(21-11-5-2-6-12-21)20-13-7-3-1-4-8-13/h1,3-4,7-8H,2,5-6,9-12H2,(H,19,20). The van der Waals surface area contributed by atoms with Gasteiger partial charge in [-0.3, -0.25) is 4.99 Å². The van der Waals surface area contributed by atoms with Gasteiger partial charge >= 0.3 is 6.18 Å². The number of hydrogen-bond donors (Lipinski definition) is 1. The average Bonchev–Trinajstić information content (AvgIpc) is 2.47. The summed E-state index contributed by atoms with van der Waals surface area (Å²) in [5.74, 6) is 0.546. The largest absolute Gasteiger partial charge is 0.390 e. The van der Waals surface area contributed by atoms with Gasteiger partial charge in [-0.1, -0.05) is 18.2 Å². The van der Waals surface area contributed by atoms with Gasteiger partial charge in [0.25, 0.3) is 0 Å². The van der Waals surface area contributed by atoms with Gasteiger partial charge in [0.05, 0.1) is 13.0 Å². The molecule has 0 atom stereocenters. The van der Waals surface area contributed by atoms with Gasteiger partial charge in [0.1, 0.15) is 0 Å². The lowest BCUT2D eigenvalue weighted by molar-refractivity contribution is -0.132. The molecule has 0 unspecified atom stereocenters. The Balaban J connectivity index is 2.04. The first kappa shape index (κ1) is 15.7. The quantitative estimate of drug-likeness (QED) is 0.677. The molecule has 1 aromatic rings. The summed E-state index contributed by atoms with van der Waals surface area (Å²) in [7, 11) is 0. The summed E-state index contributed by atoms with van der Waals surface area (Å²) < 4.78 is 36.8. The molecule has 3 nitrogen and oxygen atoms in total. The molecule has 1 aromatic carbocycles. The SMILES string of the molecule is FC(F)(F)CCN=C(Nc1ccccc1)N1CCCCC1. The number of alkyl halides is 3. The Labute approximate surface area is 122 Å². The molecule has 0 spiro atoms. The number of nitrogens with one attached hydrogen (secondary N) is 1. The fourth-order valence-electron chi connectivity index (χ4n) is 2.26. The third-order valence-electron chi connectivity index (χ3n) is 3.34. The van der Waals surface area contributed by atoms with E-state index in [1.54, 1.807) is 0 Å². The van der Waals surface area contributed by atoms with Crippen molar-refractivity contribution in [1.82, 2.24) is 4.90 Å². The van der Waals surface area contributed by atoms with Crippen LogP contribution in [0.1, 0.15) is 25.7 Å². The third-order valence-corrected chi connectivity index (χ3v) is 3.34. The molecule has 0 bridgehead atoms. The first-order chi connectivity index (χ1) is 10.0. The van der Waals surface area contributed by atoms with Crippen LogP contribution in [0.25, 0.3) is 0 Å². The number of hydrogen-bond acceptors (Lipinski definition) is 1. The first-order valence-corrected chi connectivity index (χ1v) is 7.23. The topological polar surface area (TPSA) is 27.6 Å². The van der Waals surface area contributed by atoms with Gasteiger partial charge in [-0.2, -0.15) is 13.2 Å². The Morgan fingerprint density at radius 1 is 1.10 bits per heavy atom. The van der Waals surface area contributed by atoms with Crippen LogP contribution >= 0.6 is 0 Å². The lowest BCUT2D eigenvalue weighted by Gasteiger charge is -2.30. The highest BCUT2D eigenvalue weighted by Crippen LogP contribution is 2.19. The van der Waals surface area contributed by atoms with E-state index >= 15 is 0 Å². The molecular weight excluding hydrogens is 279 g/mol. The van der Waals surface area contributed by atoms with E-state index in [2.05, 4.69) is 10.3 Å². The zero-order chi connectivity index (χ0) is 15.1. The molecule has 1 aliphatic rings. The molecule has 0 radical (unpaired) electrons. The van der Waals surface area contributed by atoms with Crippen molar-refractivity contribution >= 4 is 11.6 Å². The molecule has 6 heteroatoms. The predicted molar refractivity (Wildman–Crippen MR) is 78.5 cm³/mol. The van der Waals surface area contributed by atoms with Crippen LogP contribution in [0.2, 0.25) is 0 Å².